The Morgan fingerprint density at radius 2 is 1.80 bits per heavy atom. The molecule has 0 aliphatic carbocycles. The Morgan fingerprint density at radius 3 is 2.20 bits per heavy atom. The van der Waals surface area contributed by atoms with Crippen LogP contribution in [0.4, 0.5) is 0 Å². The predicted molar refractivity (Wildman–Crippen MR) is 74.0 cm³/mol. The highest BCUT2D eigenvalue weighted by atomic mass is 32.2. The zero-order valence-electron chi connectivity index (χ0n) is 12.1. The van der Waals surface area contributed by atoms with Crippen molar-refractivity contribution in [2.24, 2.45) is 17.8 Å². The molecule has 0 unspecified atom stereocenters. The molecule has 0 fully saturated rings. The van der Waals surface area contributed by atoms with Crippen molar-refractivity contribution >= 4 is 16.0 Å². The molecule has 6 nitrogen and oxygen atoms in total. The molecule has 0 saturated heterocycles. The van der Waals surface area contributed by atoms with Gasteiger partial charge in [0.1, 0.15) is 0 Å². The summed E-state index contributed by atoms with van der Waals surface area (Å²) in [4.78, 5) is 10.7. The third-order valence-corrected chi connectivity index (χ3v) is 4.57. The molecule has 1 aromatic rings. The van der Waals surface area contributed by atoms with Crippen molar-refractivity contribution < 1.29 is 22.7 Å². The molecule has 7 heteroatoms. The Balaban J connectivity index is 2.81. The smallest absolute Gasteiger partial charge is 0.371 e. The van der Waals surface area contributed by atoms with Gasteiger partial charge in [-0.3, -0.25) is 0 Å². The standard InChI is InChI=1S/C13H21NO5S/c1-8(2)10(9(3)4)7-14-20(17,18)12-6-5-11(19-12)13(15)16/h5-6,8-10,14H,7H2,1-4H3,(H,15,16). The molecule has 0 aliphatic heterocycles. The molecule has 20 heavy (non-hydrogen) atoms. The lowest BCUT2D eigenvalue weighted by molar-refractivity contribution is 0.0656. The summed E-state index contributed by atoms with van der Waals surface area (Å²) in [5.74, 6) is -0.824. The van der Waals surface area contributed by atoms with Crippen molar-refractivity contribution in [1.29, 1.82) is 0 Å². The van der Waals surface area contributed by atoms with Gasteiger partial charge in [0.2, 0.25) is 10.9 Å². The Bertz CT molecular complexity index is 551. The molecule has 1 rings (SSSR count). The van der Waals surface area contributed by atoms with E-state index in [1.54, 1.807) is 0 Å². The van der Waals surface area contributed by atoms with Crippen LogP contribution < -0.4 is 4.72 Å². The second-order valence-electron chi connectivity index (χ2n) is 5.43. The van der Waals surface area contributed by atoms with Gasteiger partial charge in [0.05, 0.1) is 0 Å². The largest absolute Gasteiger partial charge is 0.475 e. The average Bonchev–Trinajstić information content (AvgIpc) is 2.77. The van der Waals surface area contributed by atoms with Crippen LogP contribution in [0.3, 0.4) is 0 Å². The maximum atomic E-state index is 12.0. The van der Waals surface area contributed by atoms with Gasteiger partial charge in [0.25, 0.3) is 10.0 Å². The third-order valence-electron chi connectivity index (χ3n) is 3.28. The normalized spacial score (nSPS) is 12.6. The van der Waals surface area contributed by atoms with Crippen molar-refractivity contribution in [3.8, 4) is 0 Å². The Hall–Kier alpha value is -1.34. The van der Waals surface area contributed by atoms with Gasteiger partial charge < -0.3 is 9.52 Å². The number of furan rings is 1. The van der Waals surface area contributed by atoms with Crippen LogP contribution in [0.5, 0.6) is 0 Å². The minimum atomic E-state index is -3.82. The van der Waals surface area contributed by atoms with E-state index in [0.29, 0.717) is 18.4 Å². The van der Waals surface area contributed by atoms with E-state index in [0.717, 1.165) is 12.1 Å². The molecule has 0 spiro atoms. The van der Waals surface area contributed by atoms with Crippen LogP contribution in [0.1, 0.15) is 38.2 Å². The van der Waals surface area contributed by atoms with Gasteiger partial charge in [-0.15, -0.1) is 0 Å². The fourth-order valence-corrected chi connectivity index (χ4v) is 3.10. The zero-order chi connectivity index (χ0) is 15.5. The lowest BCUT2D eigenvalue weighted by atomic mass is 9.86. The summed E-state index contributed by atoms with van der Waals surface area (Å²) in [5.41, 5.74) is 0. The topological polar surface area (TPSA) is 96.6 Å². The Morgan fingerprint density at radius 1 is 1.25 bits per heavy atom. The third kappa shape index (κ3) is 4.08. The minimum Gasteiger partial charge on any atom is -0.475 e. The van der Waals surface area contributed by atoms with E-state index in [1.807, 2.05) is 27.7 Å². The lowest BCUT2D eigenvalue weighted by Gasteiger charge is -2.24. The van der Waals surface area contributed by atoms with Crippen molar-refractivity contribution in [2.45, 2.75) is 32.8 Å². The highest BCUT2D eigenvalue weighted by molar-refractivity contribution is 7.89. The number of rotatable bonds is 7. The molecule has 0 bridgehead atoms. The van der Waals surface area contributed by atoms with Gasteiger partial charge in [-0.1, -0.05) is 27.7 Å². The number of aromatic carboxylic acids is 1. The van der Waals surface area contributed by atoms with Crippen LogP contribution >= 0.6 is 0 Å². The average molecular weight is 303 g/mol. The van der Waals surface area contributed by atoms with Crippen LogP contribution in [0.2, 0.25) is 0 Å². The quantitative estimate of drug-likeness (QED) is 0.804. The first-order chi connectivity index (χ1) is 9.15. The summed E-state index contributed by atoms with van der Waals surface area (Å²) in [6.45, 7) is 8.44. The summed E-state index contributed by atoms with van der Waals surface area (Å²) in [5, 5.41) is 8.34. The summed E-state index contributed by atoms with van der Waals surface area (Å²) in [7, 11) is -3.82. The SMILES string of the molecule is CC(C)C(CNS(=O)(=O)c1ccc(C(=O)O)o1)C(C)C. The highest BCUT2D eigenvalue weighted by Crippen LogP contribution is 2.21. The van der Waals surface area contributed by atoms with E-state index in [1.165, 1.54) is 0 Å². The number of sulfonamides is 1. The van der Waals surface area contributed by atoms with Crippen molar-refractivity contribution in [3.05, 3.63) is 17.9 Å². The number of carboxylic acid groups (broad SMARTS) is 1. The number of carboxylic acids is 1. The summed E-state index contributed by atoms with van der Waals surface area (Å²) >= 11 is 0. The van der Waals surface area contributed by atoms with E-state index in [2.05, 4.69) is 4.72 Å². The first-order valence-corrected chi connectivity index (χ1v) is 7.96. The first kappa shape index (κ1) is 16.7. The maximum absolute atomic E-state index is 12.0. The van der Waals surface area contributed by atoms with E-state index < -0.39 is 21.8 Å². The number of carbonyl (C=O) groups is 1. The van der Waals surface area contributed by atoms with Gasteiger partial charge in [-0.2, -0.15) is 0 Å². The van der Waals surface area contributed by atoms with Crippen molar-refractivity contribution in [1.82, 2.24) is 4.72 Å². The molecular formula is C13H21NO5S. The van der Waals surface area contributed by atoms with Crippen LogP contribution in [0.15, 0.2) is 21.6 Å². The predicted octanol–water partition coefficient (Wildman–Crippen LogP) is 2.18. The molecule has 0 radical (unpaired) electrons. The maximum Gasteiger partial charge on any atom is 0.371 e. The molecule has 114 valence electrons. The van der Waals surface area contributed by atoms with E-state index >= 15 is 0 Å². The van der Waals surface area contributed by atoms with Gasteiger partial charge >= 0.3 is 5.97 Å². The lowest BCUT2D eigenvalue weighted by Crippen LogP contribution is -2.33. The monoisotopic (exact) mass is 303 g/mol. The zero-order valence-corrected chi connectivity index (χ0v) is 12.9. The van der Waals surface area contributed by atoms with Crippen molar-refractivity contribution in [2.75, 3.05) is 6.54 Å². The molecule has 0 aromatic carbocycles. The second kappa shape index (κ2) is 6.41. The Kier molecular flexibility index (Phi) is 5.35. The molecule has 0 amide bonds. The van der Waals surface area contributed by atoms with E-state index in [9.17, 15) is 13.2 Å². The van der Waals surface area contributed by atoms with E-state index in [4.69, 9.17) is 9.52 Å². The summed E-state index contributed by atoms with van der Waals surface area (Å²) in [6, 6.07) is 2.27. The second-order valence-corrected chi connectivity index (χ2v) is 7.13. The molecule has 1 heterocycles. The van der Waals surface area contributed by atoms with Crippen LogP contribution in [0, 0.1) is 17.8 Å². The van der Waals surface area contributed by atoms with Gasteiger partial charge in [-0.25, -0.2) is 17.9 Å². The fourth-order valence-electron chi connectivity index (χ4n) is 2.10. The van der Waals surface area contributed by atoms with Crippen LogP contribution in [-0.2, 0) is 10.0 Å². The molecule has 0 atom stereocenters. The number of hydrogen-bond donors (Lipinski definition) is 2. The molecule has 1 aromatic heterocycles. The summed E-state index contributed by atoms with van der Waals surface area (Å²) in [6.07, 6.45) is 0. The van der Waals surface area contributed by atoms with Crippen LogP contribution in [-0.4, -0.2) is 26.0 Å². The minimum absolute atomic E-state index is 0.193. The van der Waals surface area contributed by atoms with Crippen LogP contribution in [0.25, 0.3) is 0 Å². The van der Waals surface area contributed by atoms with Gasteiger partial charge in [0.15, 0.2) is 0 Å². The van der Waals surface area contributed by atoms with Gasteiger partial charge in [-0.05, 0) is 29.9 Å². The highest BCUT2D eigenvalue weighted by Gasteiger charge is 2.24. The molecule has 2 N–H and O–H groups in total. The fraction of sp³-hybridized carbons (Fsp3) is 0.615. The van der Waals surface area contributed by atoms with Gasteiger partial charge in [0, 0.05) is 6.54 Å². The number of nitrogens with one attached hydrogen (secondary N) is 1. The summed E-state index contributed by atoms with van der Waals surface area (Å²) < 4.78 is 31.3. The molecular weight excluding hydrogens is 282 g/mol. The van der Waals surface area contributed by atoms with Crippen molar-refractivity contribution in [3.63, 3.8) is 0 Å². The Labute approximate surface area is 119 Å². The first-order valence-electron chi connectivity index (χ1n) is 6.48. The number of hydrogen-bond acceptors (Lipinski definition) is 4. The molecule has 0 aliphatic rings. The van der Waals surface area contributed by atoms with E-state index in [-0.39, 0.29) is 11.0 Å². The molecule has 0 saturated carbocycles.